The number of amides is 5. The molecule has 18 nitrogen and oxygen atoms in total. The fourth-order valence-corrected chi connectivity index (χ4v) is 7.95. The van der Waals surface area contributed by atoms with Crippen molar-refractivity contribution in [3.8, 4) is 11.5 Å². The summed E-state index contributed by atoms with van der Waals surface area (Å²) in [4.78, 5) is 76.7. The summed E-state index contributed by atoms with van der Waals surface area (Å²) in [6.45, 7) is 8.90. The molecule has 4 aromatic heterocycles. The summed E-state index contributed by atoms with van der Waals surface area (Å²) in [6, 6.07) is 14.4. The summed E-state index contributed by atoms with van der Waals surface area (Å²) in [5, 5.41) is 12.3. The van der Waals surface area contributed by atoms with Crippen molar-refractivity contribution in [1.29, 1.82) is 0 Å². The third-order valence-electron chi connectivity index (χ3n) is 11.1. The molecule has 2 aliphatic rings. The molecule has 330 valence electrons. The minimum atomic E-state index is -0.559. The van der Waals surface area contributed by atoms with E-state index in [9.17, 15) is 24.0 Å². The molecular weight excluding hydrogens is 819 g/mol. The minimum Gasteiger partial charge on any atom is -0.493 e. The van der Waals surface area contributed by atoms with Crippen LogP contribution in [0.4, 0.5) is 28.6 Å². The van der Waals surface area contributed by atoms with E-state index in [2.05, 4.69) is 56.2 Å². The molecule has 1 fully saturated rings. The number of nitrogens with one attached hydrogen (secondary N) is 4. The zero-order valence-electron chi connectivity index (χ0n) is 36.4. The number of ether oxygens (including phenoxy) is 2. The van der Waals surface area contributed by atoms with Gasteiger partial charge in [0.05, 0.1) is 42.4 Å². The molecule has 18 heteroatoms. The summed E-state index contributed by atoms with van der Waals surface area (Å²) in [7, 11) is 6.50. The first-order valence-corrected chi connectivity index (χ1v) is 20.7. The standard InChI is InChI=1S/C46H49N11O7/c1-26(2)56-13-12-28-16-29(10-11-35(28)56)48-43(59)36-17-30(23-53(36)4)49-44(60)37-18-31(24-54(37)5)50-45(61)42-52-40(25-55(42)6)51-41(58)9-8-14-64-39-20-34-33(19-38(39)63-7)46(62)57-22-27(3)15-32(57)21-47-34/h10-13,16-21,23-26,32H,3,8-9,14-15,22H2,1-2,4-7H3,(H,48,59)(H,49,60)(H,50,61)(H,51,58)/t32-/m0/s1. The molecule has 0 unspecified atom stereocenters. The Hall–Kier alpha value is -7.89. The van der Waals surface area contributed by atoms with Crippen molar-refractivity contribution < 1.29 is 33.4 Å². The van der Waals surface area contributed by atoms with Gasteiger partial charge in [-0.25, -0.2) is 4.98 Å². The maximum Gasteiger partial charge on any atom is 0.291 e. The SMILES string of the molecule is C=C1C[C@H]2C=Nc3cc(OCCCC(=O)Nc4cn(C)c(C(=O)Nc5cc(C(=O)Nc6cc(C(=O)Nc7ccc8c(ccn8C(C)C)c7)n(C)c6)n(C)c5)n4)c(OC)cc3C(=O)N2C1. The topological polar surface area (TPSA) is 200 Å². The molecule has 6 aromatic rings. The van der Waals surface area contributed by atoms with Crippen LogP contribution >= 0.6 is 0 Å². The second-order valence-corrected chi connectivity index (χ2v) is 16.2. The number of anilines is 4. The number of aliphatic imine (C=N–C) groups is 1. The van der Waals surface area contributed by atoms with Crippen LogP contribution in [-0.4, -0.2) is 90.2 Å². The van der Waals surface area contributed by atoms with E-state index in [1.165, 1.54) is 23.9 Å². The Labute approximate surface area is 368 Å². The van der Waals surface area contributed by atoms with Crippen LogP contribution in [-0.2, 0) is 25.9 Å². The van der Waals surface area contributed by atoms with Gasteiger partial charge in [0.25, 0.3) is 23.6 Å². The van der Waals surface area contributed by atoms with E-state index in [1.54, 1.807) is 72.0 Å². The first-order valence-electron chi connectivity index (χ1n) is 20.7. The summed E-state index contributed by atoms with van der Waals surface area (Å²) < 4.78 is 18.3. The van der Waals surface area contributed by atoms with Crippen LogP contribution in [0.3, 0.4) is 0 Å². The molecule has 1 atom stereocenters. The van der Waals surface area contributed by atoms with E-state index in [0.717, 1.165) is 16.5 Å². The monoisotopic (exact) mass is 867 g/mol. The number of carbonyl (C=O) groups excluding carboxylic acids is 5. The van der Waals surface area contributed by atoms with Gasteiger partial charge in [-0.05, 0) is 69.2 Å². The molecule has 2 aliphatic heterocycles. The molecular formula is C46H49N11O7. The van der Waals surface area contributed by atoms with Crippen LogP contribution in [0, 0.1) is 0 Å². The van der Waals surface area contributed by atoms with Crippen LogP contribution in [0.2, 0.25) is 0 Å². The number of methoxy groups -OCH3 is 1. The summed E-state index contributed by atoms with van der Waals surface area (Å²) in [6.07, 6.45) is 9.66. The Morgan fingerprint density at radius 3 is 2.20 bits per heavy atom. The highest BCUT2D eigenvalue weighted by Gasteiger charge is 2.34. The highest BCUT2D eigenvalue weighted by molar-refractivity contribution is 6.09. The van der Waals surface area contributed by atoms with Crippen LogP contribution < -0.4 is 30.7 Å². The molecule has 2 aromatic carbocycles. The van der Waals surface area contributed by atoms with Crippen molar-refractivity contribution in [3.05, 3.63) is 108 Å². The van der Waals surface area contributed by atoms with Gasteiger partial charge in [0.15, 0.2) is 17.3 Å². The lowest BCUT2D eigenvalue weighted by atomic mass is 10.1. The summed E-state index contributed by atoms with van der Waals surface area (Å²) in [5.74, 6) is -0.834. The molecule has 0 bridgehead atoms. The number of rotatable bonds is 14. The van der Waals surface area contributed by atoms with Gasteiger partial charge in [-0.15, -0.1) is 0 Å². The zero-order valence-corrected chi connectivity index (χ0v) is 36.4. The molecule has 0 radical (unpaired) electrons. The minimum absolute atomic E-state index is 0.0271. The molecule has 64 heavy (non-hydrogen) atoms. The summed E-state index contributed by atoms with van der Waals surface area (Å²) in [5.41, 5.74) is 4.96. The first kappa shape index (κ1) is 42.8. The van der Waals surface area contributed by atoms with Gasteiger partial charge in [-0.2, -0.15) is 0 Å². The average Bonchev–Trinajstić information content (AvgIpc) is 4.08. The van der Waals surface area contributed by atoms with E-state index in [0.29, 0.717) is 70.9 Å². The Balaban J connectivity index is 0.821. The fourth-order valence-electron chi connectivity index (χ4n) is 7.95. The van der Waals surface area contributed by atoms with Gasteiger partial charge >= 0.3 is 0 Å². The van der Waals surface area contributed by atoms with Crippen molar-refractivity contribution in [3.63, 3.8) is 0 Å². The molecule has 0 aliphatic carbocycles. The lowest BCUT2D eigenvalue weighted by Gasteiger charge is -2.20. The Kier molecular flexibility index (Phi) is 11.7. The number of fused-ring (bicyclic) bond motifs is 3. The Bertz CT molecular complexity index is 2890. The number of imidazole rings is 1. The molecule has 0 spiro atoms. The molecule has 1 saturated heterocycles. The van der Waals surface area contributed by atoms with Gasteiger partial charge in [-0.1, -0.05) is 12.2 Å². The second-order valence-electron chi connectivity index (χ2n) is 16.2. The van der Waals surface area contributed by atoms with Crippen LogP contribution in [0.15, 0.2) is 90.5 Å². The van der Waals surface area contributed by atoms with Gasteiger partial charge in [0, 0.05) is 93.8 Å². The molecule has 4 N–H and O–H groups in total. The normalized spacial score (nSPS) is 14.4. The zero-order chi connectivity index (χ0) is 45.4. The van der Waals surface area contributed by atoms with Crippen LogP contribution in [0.1, 0.15) is 81.1 Å². The van der Waals surface area contributed by atoms with Crippen molar-refractivity contribution in [2.45, 2.75) is 45.2 Å². The van der Waals surface area contributed by atoms with Crippen LogP contribution in [0.25, 0.3) is 10.9 Å². The number of aryl methyl sites for hydroxylation is 3. The summed E-state index contributed by atoms with van der Waals surface area (Å²) >= 11 is 0. The van der Waals surface area contributed by atoms with Crippen molar-refractivity contribution >= 4 is 75.2 Å². The predicted molar refractivity (Wildman–Crippen MR) is 243 cm³/mol. The van der Waals surface area contributed by atoms with Crippen molar-refractivity contribution in [2.75, 3.05) is 41.5 Å². The van der Waals surface area contributed by atoms with E-state index >= 15 is 0 Å². The van der Waals surface area contributed by atoms with Gasteiger partial charge < -0.3 is 53.9 Å². The fraction of sp³-hybridized carbons (Fsp3) is 0.283. The van der Waals surface area contributed by atoms with Crippen LogP contribution in [0.5, 0.6) is 11.5 Å². The Morgan fingerprint density at radius 1 is 0.828 bits per heavy atom. The number of aromatic nitrogens is 5. The number of nitrogens with zero attached hydrogens (tertiary/aromatic N) is 7. The largest absolute Gasteiger partial charge is 0.493 e. The second kappa shape index (κ2) is 17.5. The first-order chi connectivity index (χ1) is 30.6. The molecule has 0 saturated carbocycles. The lowest BCUT2D eigenvalue weighted by Crippen LogP contribution is -2.35. The third-order valence-corrected chi connectivity index (χ3v) is 11.1. The number of hydrogen-bond donors (Lipinski definition) is 4. The number of benzene rings is 2. The predicted octanol–water partition coefficient (Wildman–Crippen LogP) is 6.68. The van der Waals surface area contributed by atoms with E-state index in [1.807, 2.05) is 30.5 Å². The number of hydrogen-bond acceptors (Lipinski definition) is 9. The molecule has 6 heterocycles. The van der Waals surface area contributed by atoms with Gasteiger partial charge in [-0.3, -0.25) is 29.0 Å². The van der Waals surface area contributed by atoms with Crippen molar-refractivity contribution in [1.82, 2.24) is 28.2 Å². The lowest BCUT2D eigenvalue weighted by molar-refractivity contribution is -0.116. The van der Waals surface area contributed by atoms with Gasteiger partial charge in [0.1, 0.15) is 11.4 Å². The highest BCUT2D eigenvalue weighted by atomic mass is 16.5. The van der Waals surface area contributed by atoms with Gasteiger partial charge in [0.2, 0.25) is 11.7 Å². The maximum absolute atomic E-state index is 13.4. The van der Waals surface area contributed by atoms with E-state index in [4.69, 9.17) is 9.47 Å². The maximum atomic E-state index is 13.4. The van der Waals surface area contributed by atoms with E-state index < -0.39 is 11.8 Å². The third kappa shape index (κ3) is 8.74. The van der Waals surface area contributed by atoms with E-state index in [-0.39, 0.29) is 54.1 Å². The quantitative estimate of drug-likeness (QED) is 0.0686. The average molecular weight is 868 g/mol. The highest BCUT2D eigenvalue weighted by Crippen LogP contribution is 2.38. The number of carbonyl (C=O) groups is 5. The smallest absolute Gasteiger partial charge is 0.291 e. The molecule has 8 rings (SSSR count). The van der Waals surface area contributed by atoms with Crippen molar-refractivity contribution in [2.24, 2.45) is 26.1 Å². The molecule has 5 amide bonds. The Morgan fingerprint density at radius 2 is 1.52 bits per heavy atom.